The molecule has 4 aliphatic carbocycles. The molecule has 0 amide bonds. The summed E-state index contributed by atoms with van der Waals surface area (Å²) in [5.41, 5.74) is 25.4. The van der Waals surface area contributed by atoms with Crippen LogP contribution in [0, 0.1) is 11.8 Å². The summed E-state index contributed by atoms with van der Waals surface area (Å²) in [6, 6.07) is 51.3. The van der Waals surface area contributed by atoms with Crippen LogP contribution in [0.25, 0.3) is 33.0 Å². The van der Waals surface area contributed by atoms with Crippen molar-refractivity contribution in [3.8, 4) is 22.3 Å². The Morgan fingerprint density at radius 2 is 1.22 bits per heavy atom. The second-order valence-corrected chi connectivity index (χ2v) is 20.5. The predicted molar refractivity (Wildman–Crippen MR) is 279 cm³/mol. The van der Waals surface area contributed by atoms with Crippen molar-refractivity contribution in [3.05, 3.63) is 202 Å². The van der Waals surface area contributed by atoms with Gasteiger partial charge in [-0.3, -0.25) is 0 Å². The van der Waals surface area contributed by atoms with Crippen LogP contribution in [0.5, 0.6) is 0 Å². The molecule has 12 rings (SSSR count). The number of allylic oxidation sites excluding steroid dienone is 4. The van der Waals surface area contributed by atoms with Gasteiger partial charge in [0.15, 0.2) is 0 Å². The maximum atomic E-state index is 2.79. The van der Waals surface area contributed by atoms with Gasteiger partial charge in [0, 0.05) is 28.1 Å². The van der Waals surface area contributed by atoms with E-state index in [0.717, 1.165) is 0 Å². The van der Waals surface area contributed by atoms with Crippen LogP contribution >= 0.6 is 0 Å². The van der Waals surface area contributed by atoms with Crippen LogP contribution < -0.4 is 26.8 Å². The lowest BCUT2D eigenvalue weighted by molar-refractivity contribution is 0.436. The molecular formula is C58H53B4N. The standard InChI is InChI=1S/C58H53B4N/c1-32-28-29-57(6)54-46(32)33(2)44(31-56(54,5)42-22-14-15-23-45(42)63(57)36-25-27-41-39(30-36)38-20-12-13-21-40(38)55(41,3)4)58(35-17-8-7-9-18-35)43-26-24-34-16-10-11-19-37(34)47(43)48-49(58)51(60)53(62)52(61)50(48)59/h7-33H,59-62H2,1-6H3. The van der Waals surface area contributed by atoms with E-state index in [9.17, 15) is 0 Å². The van der Waals surface area contributed by atoms with Crippen molar-refractivity contribution >= 4 is 75.4 Å². The van der Waals surface area contributed by atoms with E-state index in [-0.39, 0.29) is 17.3 Å². The zero-order valence-electron chi connectivity index (χ0n) is 38.5. The van der Waals surface area contributed by atoms with Crippen LogP contribution in [0.2, 0.25) is 0 Å². The Labute approximate surface area is 377 Å². The van der Waals surface area contributed by atoms with Crippen molar-refractivity contribution in [2.24, 2.45) is 11.8 Å². The highest BCUT2D eigenvalue weighted by atomic mass is 15.2. The summed E-state index contributed by atoms with van der Waals surface area (Å²) in [7, 11) is 9.51. The molecule has 5 aliphatic rings. The van der Waals surface area contributed by atoms with Crippen molar-refractivity contribution in [1.82, 2.24) is 0 Å². The molecule has 0 radical (unpaired) electrons. The van der Waals surface area contributed by atoms with E-state index < -0.39 is 16.4 Å². The lowest BCUT2D eigenvalue weighted by Gasteiger charge is -2.60. The number of benzene rings is 7. The van der Waals surface area contributed by atoms with Gasteiger partial charge in [0.2, 0.25) is 0 Å². The molecule has 1 heterocycles. The van der Waals surface area contributed by atoms with Crippen molar-refractivity contribution < 1.29 is 0 Å². The second-order valence-electron chi connectivity index (χ2n) is 20.5. The molecule has 5 heteroatoms. The maximum absolute atomic E-state index is 2.79. The fraction of sp³-hybridized carbons (Fsp3) is 0.207. The van der Waals surface area contributed by atoms with E-state index in [1.807, 2.05) is 0 Å². The van der Waals surface area contributed by atoms with Crippen molar-refractivity contribution in [1.29, 1.82) is 0 Å². The molecule has 0 spiro atoms. The number of anilines is 2. The van der Waals surface area contributed by atoms with Gasteiger partial charge in [-0.15, -0.1) is 10.9 Å². The largest absolute Gasteiger partial charge is 0.328 e. The monoisotopic (exact) mass is 807 g/mol. The average Bonchev–Trinajstić information content (AvgIpc) is 3.74. The molecule has 5 atom stereocenters. The van der Waals surface area contributed by atoms with E-state index in [0.29, 0.717) is 0 Å². The molecule has 0 saturated carbocycles. The minimum absolute atomic E-state index is 0.0464. The Kier molecular flexibility index (Phi) is 7.90. The quantitative estimate of drug-likeness (QED) is 0.133. The summed E-state index contributed by atoms with van der Waals surface area (Å²) >= 11 is 0. The molecule has 0 fully saturated rings. The van der Waals surface area contributed by atoms with Crippen LogP contribution in [0.4, 0.5) is 11.4 Å². The Hall–Kier alpha value is -5.92. The van der Waals surface area contributed by atoms with E-state index in [4.69, 9.17) is 0 Å². The van der Waals surface area contributed by atoms with Crippen molar-refractivity contribution in [2.45, 2.75) is 63.3 Å². The topological polar surface area (TPSA) is 3.24 Å². The SMILES string of the molecule is Bc1c(B)c(B)c2c(c1B)-c1c(ccc3ccccc13)C2(C1=CC2(C)C3=C(C(C)C=CC3(C)N(c3ccc4c(c3)-c3ccccc3C4(C)C)c3ccccc32)C1C)c1ccccc1. The first-order valence-corrected chi connectivity index (χ1v) is 23.3. The summed E-state index contributed by atoms with van der Waals surface area (Å²) in [5.74, 6) is 0.414. The first-order chi connectivity index (χ1) is 30.3. The Morgan fingerprint density at radius 1 is 0.571 bits per heavy atom. The molecule has 0 saturated heterocycles. The number of rotatable bonds is 3. The molecule has 7 aromatic rings. The van der Waals surface area contributed by atoms with Crippen LogP contribution in [0.3, 0.4) is 0 Å². The molecule has 302 valence electrons. The van der Waals surface area contributed by atoms with Crippen molar-refractivity contribution in [2.75, 3.05) is 4.90 Å². The molecular weight excluding hydrogens is 754 g/mol. The van der Waals surface area contributed by atoms with Crippen LogP contribution in [-0.2, 0) is 16.2 Å². The van der Waals surface area contributed by atoms with Gasteiger partial charge in [-0.05, 0) is 116 Å². The van der Waals surface area contributed by atoms with E-state index >= 15 is 0 Å². The molecule has 7 aromatic carbocycles. The molecule has 63 heavy (non-hydrogen) atoms. The lowest BCUT2D eigenvalue weighted by Crippen LogP contribution is -2.58. The lowest BCUT2D eigenvalue weighted by atomic mass is 9.50. The highest BCUT2D eigenvalue weighted by Gasteiger charge is 2.59. The smallest absolute Gasteiger partial charge is 0.139 e. The van der Waals surface area contributed by atoms with E-state index in [1.165, 1.54) is 111 Å². The van der Waals surface area contributed by atoms with Crippen LogP contribution in [0.1, 0.15) is 74.9 Å². The molecule has 0 N–H and O–H groups in total. The van der Waals surface area contributed by atoms with Gasteiger partial charge >= 0.3 is 0 Å². The third-order valence-corrected chi connectivity index (χ3v) is 17.2. The third kappa shape index (κ3) is 4.64. The summed E-state index contributed by atoms with van der Waals surface area (Å²) in [5, 5.41) is 2.64. The summed E-state index contributed by atoms with van der Waals surface area (Å²) in [4.78, 5) is 2.69. The van der Waals surface area contributed by atoms with Crippen molar-refractivity contribution in [3.63, 3.8) is 0 Å². The molecule has 1 aliphatic heterocycles. The number of nitrogens with zero attached hydrogens (tertiary/aromatic N) is 1. The zero-order chi connectivity index (χ0) is 43.5. The highest BCUT2D eigenvalue weighted by molar-refractivity contribution is 6.64. The first-order valence-electron chi connectivity index (χ1n) is 23.3. The summed E-state index contributed by atoms with van der Waals surface area (Å²) in [6.07, 6.45) is 7.89. The second kappa shape index (κ2) is 12.8. The normalized spacial score (nSPS) is 25.5. The predicted octanol–water partition coefficient (Wildman–Crippen LogP) is 7.44. The van der Waals surface area contributed by atoms with Gasteiger partial charge in [-0.25, -0.2) is 0 Å². The Balaban J connectivity index is 1.18. The van der Waals surface area contributed by atoms with Crippen LogP contribution in [0.15, 0.2) is 168 Å². The van der Waals surface area contributed by atoms with E-state index in [2.05, 4.69) is 230 Å². The average molecular weight is 807 g/mol. The minimum Gasteiger partial charge on any atom is -0.328 e. The third-order valence-electron chi connectivity index (χ3n) is 17.2. The van der Waals surface area contributed by atoms with Crippen LogP contribution in [-0.4, -0.2) is 36.9 Å². The number of hydrogen-bond donors (Lipinski definition) is 0. The van der Waals surface area contributed by atoms with Gasteiger partial charge in [-0.2, -0.15) is 0 Å². The zero-order valence-corrected chi connectivity index (χ0v) is 38.5. The van der Waals surface area contributed by atoms with Gasteiger partial charge in [0.05, 0.1) is 11.0 Å². The van der Waals surface area contributed by atoms with Gasteiger partial charge in [0.1, 0.15) is 31.4 Å². The fourth-order valence-electron chi connectivity index (χ4n) is 14.1. The van der Waals surface area contributed by atoms with E-state index in [1.54, 1.807) is 5.57 Å². The summed E-state index contributed by atoms with van der Waals surface area (Å²) in [6.45, 7) is 14.8. The molecule has 0 bridgehead atoms. The first kappa shape index (κ1) is 38.7. The molecule has 0 aromatic heterocycles. The maximum Gasteiger partial charge on any atom is 0.139 e. The number of fused-ring (bicyclic) bond motifs is 10. The fourth-order valence-corrected chi connectivity index (χ4v) is 14.1. The minimum atomic E-state index is -0.520. The molecule has 1 nitrogen and oxygen atoms in total. The van der Waals surface area contributed by atoms with Gasteiger partial charge < -0.3 is 4.90 Å². The van der Waals surface area contributed by atoms with Gasteiger partial charge in [0.25, 0.3) is 0 Å². The Bertz CT molecular complexity index is 3280. The number of hydrogen-bond acceptors (Lipinski definition) is 1. The highest BCUT2D eigenvalue weighted by Crippen LogP contribution is 2.66. The Morgan fingerprint density at radius 3 is 2.02 bits per heavy atom. The molecule has 5 unspecified atom stereocenters. The summed E-state index contributed by atoms with van der Waals surface area (Å²) < 4.78 is 0. The number of para-hydroxylation sites is 1. The van der Waals surface area contributed by atoms with Gasteiger partial charge in [-0.1, -0.05) is 178 Å².